The first-order valence-corrected chi connectivity index (χ1v) is 9.62. The van der Waals surface area contributed by atoms with Crippen molar-refractivity contribution in [3.8, 4) is 11.4 Å². The van der Waals surface area contributed by atoms with Crippen molar-refractivity contribution in [1.82, 2.24) is 20.3 Å². The second-order valence-electron chi connectivity index (χ2n) is 7.65. The van der Waals surface area contributed by atoms with E-state index in [2.05, 4.69) is 20.2 Å². The number of nitrogens with zero attached hydrogens (tertiary/aromatic N) is 4. The van der Waals surface area contributed by atoms with Gasteiger partial charge in [0.05, 0.1) is 6.10 Å². The number of ether oxygens (including phenoxy) is 1. The summed E-state index contributed by atoms with van der Waals surface area (Å²) < 4.78 is 5.75. The fourth-order valence-corrected chi connectivity index (χ4v) is 4.89. The van der Waals surface area contributed by atoms with Crippen molar-refractivity contribution in [3.63, 3.8) is 0 Å². The van der Waals surface area contributed by atoms with E-state index in [1.807, 2.05) is 19.2 Å². The highest BCUT2D eigenvalue weighted by Gasteiger charge is 2.43. The van der Waals surface area contributed by atoms with Gasteiger partial charge in [-0.2, -0.15) is 0 Å². The average Bonchev–Trinajstić information content (AvgIpc) is 2.96. The number of carbonyl (C=O) groups excluding carboxylic acids is 1. The molecule has 0 aromatic carbocycles. The summed E-state index contributed by atoms with van der Waals surface area (Å²) in [7, 11) is 1.82. The highest BCUT2D eigenvalue weighted by atomic mass is 16.5. The van der Waals surface area contributed by atoms with E-state index in [4.69, 9.17) is 9.72 Å². The summed E-state index contributed by atoms with van der Waals surface area (Å²) in [6, 6.07) is 3.79. The lowest BCUT2D eigenvalue weighted by atomic mass is 9.94. The first-order valence-electron chi connectivity index (χ1n) is 9.62. The first-order chi connectivity index (χ1) is 13.2. The number of anilines is 1. The third-order valence-electron chi connectivity index (χ3n) is 6.10. The molecule has 2 aliphatic heterocycles. The molecule has 1 N–H and O–H groups in total. The molecule has 2 aromatic rings. The van der Waals surface area contributed by atoms with Crippen molar-refractivity contribution >= 4 is 11.7 Å². The van der Waals surface area contributed by atoms with Gasteiger partial charge in [-0.3, -0.25) is 9.78 Å². The molecular formula is C20H23N5O2. The Kier molecular flexibility index (Phi) is 4.04. The van der Waals surface area contributed by atoms with Crippen LogP contribution in [-0.4, -0.2) is 53.7 Å². The van der Waals surface area contributed by atoms with Gasteiger partial charge in [0.25, 0.3) is 5.91 Å². The van der Waals surface area contributed by atoms with Crippen molar-refractivity contribution in [2.75, 3.05) is 31.6 Å². The average molecular weight is 365 g/mol. The Morgan fingerprint density at radius 1 is 1.22 bits per heavy atom. The van der Waals surface area contributed by atoms with E-state index >= 15 is 0 Å². The van der Waals surface area contributed by atoms with Crippen LogP contribution in [0.5, 0.6) is 0 Å². The number of amides is 1. The minimum absolute atomic E-state index is 0.111. The molecule has 7 nitrogen and oxygen atoms in total. The van der Waals surface area contributed by atoms with Gasteiger partial charge in [0.15, 0.2) is 5.82 Å². The van der Waals surface area contributed by atoms with E-state index in [1.54, 1.807) is 12.4 Å². The molecule has 0 spiro atoms. The Bertz CT molecular complexity index is 858. The van der Waals surface area contributed by atoms with E-state index in [9.17, 15) is 4.79 Å². The second kappa shape index (κ2) is 6.56. The lowest BCUT2D eigenvalue weighted by molar-refractivity contribution is 0.0294. The van der Waals surface area contributed by atoms with E-state index in [0.717, 1.165) is 36.5 Å². The molecule has 1 amide bonds. The molecule has 7 heteroatoms. The van der Waals surface area contributed by atoms with Gasteiger partial charge in [-0.25, -0.2) is 9.97 Å². The summed E-state index contributed by atoms with van der Waals surface area (Å²) in [6.45, 7) is 2.48. The minimum atomic E-state index is -0.111. The van der Waals surface area contributed by atoms with Gasteiger partial charge in [-0.15, -0.1) is 0 Å². The third-order valence-corrected chi connectivity index (χ3v) is 6.10. The monoisotopic (exact) mass is 365 g/mol. The summed E-state index contributed by atoms with van der Waals surface area (Å²) in [4.78, 5) is 28.5. The van der Waals surface area contributed by atoms with Crippen LogP contribution in [-0.2, 0) is 11.2 Å². The van der Waals surface area contributed by atoms with Crippen LogP contribution in [0, 0.1) is 11.8 Å². The topological polar surface area (TPSA) is 80.2 Å². The molecule has 1 aliphatic carbocycles. The number of piperidine rings is 1. The van der Waals surface area contributed by atoms with Crippen molar-refractivity contribution in [3.05, 3.63) is 35.8 Å². The van der Waals surface area contributed by atoms with Crippen LogP contribution in [0.2, 0.25) is 0 Å². The predicted molar refractivity (Wildman–Crippen MR) is 101 cm³/mol. The van der Waals surface area contributed by atoms with Crippen molar-refractivity contribution < 1.29 is 9.53 Å². The Morgan fingerprint density at radius 3 is 2.74 bits per heavy atom. The van der Waals surface area contributed by atoms with Crippen LogP contribution in [0.4, 0.5) is 5.82 Å². The number of aromatic nitrogens is 3. The molecule has 1 saturated carbocycles. The Hall–Kier alpha value is -2.54. The highest BCUT2D eigenvalue weighted by Crippen LogP contribution is 2.41. The normalized spacial score (nSPS) is 26.6. The largest absolute Gasteiger partial charge is 0.381 e. The number of rotatable bonds is 3. The standard InChI is InChI=1S/C20H23N5O2/c1-27-17-13-4-5-14(17)11-25(10-13)19-15-6-8-22-20(26)16(15)23-18(24-19)12-3-2-7-21-9-12/h2-3,7,9,13-14,17H,4-6,8,10-11H2,1H3,(H,22,26)/t13-,14+,17?. The molecule has 1 saturated heterocycles. The zero-order valence-electron chi connectivity index (χ0n) is 15.4. The fraction of sp³-hybridized carbons (Fsp3) is 0.500. The van der Waals surface area contributed by atoms with E-state index in [1.165, 1.54) is 12.8 Å². The smallest absolute Gasteiger partial charge is 0.270 e. The number of nitrogens with one attached hydrogen (secondary N) is 1. The summed E-state index contributed by atoms with van der Waals surface area (Å²) in [5.41, 5.74) is 2.31. The highest BCUT2D eigenvalue weighted by molar-refractivity contribution is 5.96. The maximum Gasteiger partial charge on any atom is 0.270 e. The van der Waals surface area contributed by atoms with Gasteiger partial charge >= 0.3 is 0 Å². The van der Waals surface area contributed by atoms with Gasteiger partial charge in [-0.05, 0) is 31.4 Å². The molecule has 0 radical (unpaired) electrons. The number of hydrogen-bond acceptors (Lipinski definition) is 6. The van der Waals surface area contributed by atoms with Crippen LogP contribution in [0.1, 0.15) is 28.9 Å². The number of pyridine rings is 1. The summed E-state index contributed by atoms with van der Waals surface area (Å²) >= 11 is 0. The maximum atomic E-state index is 12.5. The van der Waals surface area contributed by atoms with Gasteiger partial charge in [0, 0.05) is 62.1 Å². The predicted octanol–water partition coefficient (Wildman–Crippen LogP) is 1.69. The number of hydrogen-bond donors (Lipinski definition) is 1. The van der Waals surface area contributed by atoms with E-state index in [-0.39, 0.29) is 5.91 Å². The number of fused-ring (bicyclic) bond motifs is 3. The summed E-state index contributed by atoms with van der Waals surface area (Å²) in [6.07, 6.45) is 6.98. The number of carbonyl (C=O) groups is 1. The van der Waals surface area contributed by atoms with Crippen molar-refractivity contribution in [2.24, 2.45) is 11.8 Å². The molecule has 2 fully saturated rings. The number of methoxy groups -OCH3 is 1. The molecule has 1 unspecified atom stereocenters. The zero-order valence-corrected chi connectivity index (χ0v) is 15.4. The van der Waals surface area contributed by atoms with Crippen LogP contribution in [0.15, 0.2) is 24.5 Å². The molecular weight excluding hydrogens is 342 g/mol. The Labute approximate surface area is 158 Å². The minimum Gasteiger partial charge on any atom is -0.381 e. The zero-order chi connectivity index (χ0) is 18.4. The van der Waals surface area contributed by atoms with Gasteiger partial charge < -0.3 is 15.0 Å². The lowest BCUT2D eigenvalue weighted by Gasteiger charge is -2.39. The molecule has 2 bridgehead atoms. The Morgan fingerprint density at radius 2 is 2.04 bits per heavy atom. The first kappa shape index (κ1) is 16.6. The summed E-state index contributed by atoms with van der Waals surface area (Å²) in [5.74, 6) is 2.42. The quantitative estimate of drug-likeness (QED) is 0.892. The molecule has 2 aromatic heterocycles. The lowest BCUT2D eigenvalue weighted by Crippen LogP contribution is -2.47. The maximum absolute atomic E-state index is 12.5. The van der Waals surface area contributed by atoms with E-state index < -0.39 is 0 Å². The summed E-state index contributed by atoms with van der Waals surface area (Å²) in [5, 5.41) is 2.91. The van der Waals surface area contributed by atoms with Crippen LogP contribution in [0.3, 0.4) is 0 Å². The third kappa shape index (κ3) is 2.77. The molecule has 3 aliphatic rings. The van der Waals surface area contributed by atoms with Gasteiger partial charge in [0.2, 0.25) is 0 Å². The van der Waals surface area contributed by atoms with Crippen LogP contribution >= 0.6 is 0 Å². The second-order valence-corrected chi connectivity index (χ2v) is 7.65. The van der Waals surface area contributed by atoms with Gasteiger partial charge in [0.1, 0.15) is 11.5 Å². The molecule has 27 heavy (non-hydrogen) atoms. The van der Waals surface area contributed by atoms with Gasteiger partial charge in [-0.1, -0.05) is 0 Å². The molecule has 3 atom stereocenters. The molecule has 5 rings (SSSR count). The van der Waals surface area contributed by atoms with Crippen LogP contribution in [0.25, 0.3) is 11.4 Å². The van der Waals surface area contributed by atoms with Crippen molar-refractivity contribution in [1.29, 1.82) is 0 Å². The molecule has 140 valence electrons. The van der Waals surface area contributed by atoms with Crippen molar-refractivity contribution in [2.45, 2.75) is 25.4 Å². The molecule has 4 heterocycles. The Balaban J connectivity index is 1.59. The fourth-order valence-electron chi connectivity index (χ4n) is 4.89. The SMILES string of the molecule is COC1[C@@H]2CC[C@H]1CN(c1nc(-c3cccnc3)nc3c1CCNC3=O)C2. The van der Waals surface area contributed by atoms with Crippen LogP contribution < -0.4 is 10.2 Å². The van der Waals surface area contributed by atoms with E-state index in [0.29, 0.717) is 36.0 Å².